The maximum absolute atomic E-state index is 15.4. The number of hydrogen-bond donors (Lipinski definition) is 10. The monoisotopic (exact) mass is 1180 g/mol. The number of hydrogen-bond acceptors (Lipinski definition) is 15. The molecule has 29 heteroatoms. The quantitative estimate of drug-likeness (QED) is 0.0377. The Bertz CT molecular complexity index is 2980. The van der Waals surface area contributed by atoms with Gasteiger partial charge in [0.25, 0.3) is 11.8 Å². The molecular weight excluding hydrogens is 1110 g/mol. The van der Waals surface area contributed by atoms with Gasteiger partial charge in [0.2, 0.25) is 47.3 Å². The van der Waals surface area contributed by atoms with Crippen LogP contribution in [0.15, 0.2) is 60.8 Å². The van der Waals surface area contributed by atoms with E-state index in [0.29, 0.717) is 10.8 Å². The third-order valence-electron chi connectivity index (χ3n) is 12.9. The van der Waals surface area contributed by atoms with Crippen molar-refractivity contribution in [2.24, 2.45) is 11.1 Å². The number of carboxylic acid groups (broad SMARTS) is 2. The third kappa shape index (κ3) is 20.7. The lowest BCUT2D eigenvalue weighted by Gasteiger charge is -2.41. The molecule has 84 heavy (non-hydrogen) atoms. The van der Waals surface area contributed by atoms with Gasteiger partial charge in [-0.1, -0.05) is 51.1 Å². The molecule has 0 radical (unpaired) electrons. The van der Waals surface area contributed by atoms with Gasteiger partial charge >= 0.3 is 17.9 Å². The second kappa shape index (κ2) is 31.3. The first kappa shape index (κ1) is 65.7. The van der Waals surface area contributed by atoms with Crippen molar-refractivity contribution in [2.45, 2.75) is 142 Å². The molecule has 27 nitrogen and oxygen atoms in total. The van der Waals surface area contributed by atoms with Crippen molar-refractivity contribution in [2.75, 3.05) is 19.7 Å². The highest BCUT2D eigenvalue weighted by Gasteiger charge is 2.39. The summed E-state index contributed by atoms with van der Waals surface area (Å²) in [6, 6.07) is 3.92. The number of nitrogens with zero attached hydrogens (tertiary/aromatic N) is 3. The smallest absolute Gasteiger partial charge is 0.333 e. The predicted molar refractivity (Wildman–Crippen MR) is 289 cm³/mol. The fraction of sp³-hybridized carbons (Fsp3) is 0.473. The molecule has 0 aliphatic carbocycles. The summed E-state index contributed by atoms with van der Waals surface area (Å²) in [7, 11) is 0. The van der Waals surface area contributed by atoms with E-state index in [-0.39, 0.29) is 42.2 Å². The largest absolute Gasteiger partial charge is 0.481 e. The van der Waals surface area contributed by atoms with Crippen LogP contribution < -0.4 is 37.6 Å². The van der Waals surface area contributed by atoms with Crippen LogP contribution in [-0.4, -0.2) is 157 Å². The Morgan fingerprint density at radius 1 is 0.762 bits per heavy atom. The molecule has 2 heterocycles. The Morgan fingerprint density at radius 2 is 1.40 bits per heavy atom. The fourth-order valence-corrected chi connectivity index (χ4v) is 8.76. The minimum atomic E-state index is -1.90. The van der Waals surface area contributed by atoms with Crippen molar-refractivity contribution in [1.82, 2.24) is 46.4 Å². The first-order valence-corrected chi connectivity index (χ1v) is 26.6. The molecule has 456 valence electrons. The Morgan fingerprint density at radius 3 is 2.01 bits per heavy atom. The van der Waals surface area contributed by atoms with Crippen molar-refractivity contribution in [3.8, 4) is 11.1 Å². The summed E-state index contributed by atoms with van der Waals surface area (Å²) in [5, 5.41) is 41.1. The van der Waals surface area contributed by atoms with Gasteiger partial charge in [-0.25, -0.2) is 18.4 Å². The van der Waals surface area contributed by atoms with Crippen LogP contribution in [0.5, 0.6) is 0 Å². The maximum atomic E-state index is 15.4. The summed E-state index contributed by atoms with van der Waals surface area (Å²) >= 11 is 0. The summed E-state index contributed by atoms with van der Waals surface area (Å²) < 4.78 is 40.0. The minimum Gasteiger partial charge on any atom is -0.481 e. The molecule has 1 aromatic heterocycles. The second-order valence-corrected chi connectivity index (χ2v) is 20.7. The van der Waals surface area contributed by atoms with Gasteiger partial charge < -0.3 is 67.3 Å². The Balaban J connectivity index is 1.61. The number of rotatable bonds is 32. The lowest BCUT2D eigenvalue weighted by molar-refractivity contribution is -0.197. The van der Waals surface area contributed by atoms with Gasteiger partial charge in [-0.2, -0.15) is 0 Å². The van der Waals surface area contributed by atoms with E-state index in [4.69, 9.17) is 17.1 Å². The summed E-state index contributed by atoms with van der Waals surface area (Å²) in [6.45, 7) is 5.53. The first-order valence-electron chi connectivity index (χ1n) is 27.0. The Labute approximate surface area is 482 Å². The van der Waals surface area contributed by atoms with Crippen molar-refractivity contribution < 1.29 is 92.7 Å². The molecule has 0 saturated carbocycles. The van der Waals surface area contributed by atoms with Crippen molar-refractivity contribution in [1.29, 1.82) is 0 Å². The highest BCUT2D eigenvalue weighted by atomic mass is 19.1. The zero-order valence-corrected chi connectivity index (χ0v) is 46.8. The molecule has 11 N–H and O–H groups in total. The molecular formula is C55H70F2N10O17. The van der Waals surface area contributed by atoms with Crippen molar-refractivity contribution in [3.05, 3.63) is 83.7 Å². The van der Waals surface area contributed by atoms with E-state index in [0.717, 1.165) is 37.6 Å². The number of aliphatic hydroxyl groups excluding tert-OH is 1. The first-order chi connectivity index (χ1) is 39.9. The fourth-order valence-electron chi connectivity index (χ4n) is 8.76. The van der Waals surface area contributed by atoms with E-state index in [1.807, 2.05) is 0 Å². The molecule has 1 fully saturated rings. The van der Waals surface area contributed by atoms with Crippen LogP contribution in [0.4, 0.5) is 8.78 Å². The summed E-state index contributed by atoms with van der Waals surface area (Å²) in [5.74, 6) is -15.2. The molecule has 4 rings (SSSR count). The van der Waals surface area contributed by atoms with Crippen LogP contribution in [0, 0.1) is 17.0 Å². The summed E-state index contributed by atoms with van der Waals surface area (Å²) in [6.07, 6.45) is -2.96. The molecule has 2 aromatic carbocycles. The molecule has 1 saturated heterocycles. The molecule has 3 aromatic rings. The number of nitrogens with one attached hydrogen (secondary N) is 6. The van der Waals surface area contributed by atoms with Crippen LogP contribution >= 0.6 is 0 Å². The Kier molecular flexibility index (Phi) is 24.5. The van der Waals surface area contributed by atoms with Gasteiger partial charge in [0, 0.05) is 81.2 Å². The average molecular weight is 1180 g/mol. The van der Waals surface area contributed by atoms with Crippen molar-refractivity contribution >= 4 is 77.0 Å². The molecule has 0 spiro atoms. The lowest BCUT2D eigenvalue weighted by atomic mass is 9.82. The van der Waals surface area contributed by atoms with E-state index in [9.17, 15) is 76.9 Å². The highest BCUT2D eigenvalue weighted by Crippen LogP contribution is 2.41. The SMILES string of the molecule is [2H]N(C(=O)CCCC(=O)ON1C(=O)CCC1=O)[C@@H](C)C(=O)N[C@@H](C)C(=O)N[C@@H](CC(N)=O)C(=O)N[C@@H](CCN(C(=O)CO)[C@@H](c1cc(-c2cc(F)ccc2F)cn1Cc1ccccc1)C(C)(C)C)C(=O)NCCC(=O)N[C@H](CCC(=O)O)C(=O)O. The molecule has 0 unspecified atom stereocenters. The number of carbonyl (C=O) groups excluding carboxylic acids is 11. The topological polar surface area (TPSA) is 401 Å². The second-order valence-electron chi connectivity index (χ2n) is 20.7. The number of carboxylic acids is 2. The number of aliphatic carboxylic acids is 2. The Hall–Kier alpha value is -9.15. The number of halogens is 2. The number of aliphatic hydroxyl groups is 1. The molecule has 1 aliphatic rings. The van der Waals surface area contributed by atoms with Crippen LogP contribution in [-0.2, 0) is 73.7 Å². The lowest BCUT2D eigenvalue weighted by Crippen LogP contribution is -2.58. The van der Waals surface area contributed by atoms with E-state index in [2.05, 4.69) is 26.6 Å². The number of primary amides is 1. The van der Waals surface area contributed by atoms with E-state index in [1.165, 1.54) is 4.90 Å². The third-order valence-corrected chi connectivity index (χ3v) is 12.9. The normalized spacial score (nSPS) is 14.5. The number of carbonyl (C=O) groups is 13. The van der Waals surface area contributed by atoms with Gasteiger partial charge in [-0.3, -0.25) is 52.7 Å². The van der Waals surface area contributed by atoms with Crippen molar-refractivity contribution in [3.63, 3.8) is 0 Å². The predicted octanol–water partition coefficient (Wildman–Crippen LogP) is 0.352. The number of amides is 10. The van der Waals surface area contributed by atoms with Gasteiger partial charge in [-0.15, -0.1) is 5.06 Å². The standard InChI is InChI=1S/C55H70F2N10O17/c1-30(60-42(70)12-9-13-48(77)84-67-44(72)17-18-45(67)73)50(78)61-31(2)51(79)64-39(26-41(58)69)53(81)63-37(52(80)59-22-20-43(71)62-38(54(82)83)16-19-47(75)76)21-23-66(46(74)29-68)49(55(3,4)5)40-24-33(35-25-34(56)14-15-36(35)57)28-65(40)27-32-10-7-6-8-11-32/h6-8,10-11,14-15,24-25,28,30-31,37-39,49,68H,9,12-13,16-23,26-27,29H2,1-5H3,(H2,58,69)(H,59,80)(H,60,70)(H,61,78)(H,62,71)(H,63,81)(H,64,79)(H,75,76)(H,82,83)/t30-,31-,37-,38+,39-,49-/m0/s1/i/hD. The minimum absolute atomic E-state index is 0.117. The van der Waals surface area contributed by atoms with Crippen LogP contribution in [0.25, 0.3) is 11.1 Å². The number of aromatic nitrogens is 1. The van der Waals surface area contributed by atoms with Crippen LogP contribution in [0.1, 0.15) is 116 Å². The number of hydroxylamine groups is 2. The van der Waals surface area contributed by atoms with Crippen LogP contribution in [0.2, 0.25) is 1.41 Å². The van der Waals surface area contributed by atoms with Crippen LogP contribution in [0.3, 0.4) is 0 Å². The molecule has 10 amide bonds. The van der Waals surface area contributed by atoms with Gasteiger partial charge in [0.15, 0.2) is 1.41 Å². The van der Waals surface area contributed by atoms with Gasteiger partial charge in [0.05, 0.1) is 12.5 Å². The van der Waals surface area contributed by atoms with Gasteiger partial charge in [0.1, 0.15) is 48.5 Å². The maximum Gasteiger partial charge on any atom is 0.333 e. The zero-order valence-electron chi connectivity index (χ0n) is 47.8. The number of nitrogens with two attached hydrogens (primary N) is 1. The molecule has 6 atom stereocenters. The van der Waals surface area contributed by atoms with E-state index in [1.54, 1.807) is 67.9 Å². The zero-order chi connectivity index (χ0) is 63.5. The van der Waals surface area contributed by atoms with E-state index >= 15 is 4.39 Å². The summed E-state index contributed by atoms with van der Waals surface area (Å²) in [5.41, 5.74) is 5.71. The average Bonchev–Trinajstić information content (AvgIpc) is 2.10. The van der Waals surface area contributed by atoms with E-state index < -0.39 is 195 Å². The van der Waals surface area contributed by atoms with Gasteiger partial charge in [-0.05, 0) is 68.4 Å². The summed E-state index contributed by atoms with van der Waals surface area (Å²) in [4.78, 5) is 172. The molecule has 0 bridgehead atoms. The number of imide groups is 1. The number of benzene rings is 2. The highest BCUT2D eigenvalue weighted by molar-refractivity contribution is 6.02. The molecule has 1 aliphatic heterocycles.